The fourth-order valence-corrected chi connectivity index (χ4v) is 3.24. The Balaban J connectivity index is 1.60. The third-order valence-electron chi connectivity index (χ3n) is 4.91. The SMILES string of the molecule is COC1(CNC(=O)Nc2ccc(C)c(C)c2)Cc2ccccc2C1. The molecule has 2 amide bonds. The summed E-state index contributed by atoms with van der Waals surface area (Å²) in [5, 5.41) is 5.85. The van der Waals surface area contributed by atoms with Gasteiger partial charge in [0.1, 0.15) is 0 Å². The van der Waals surface area contributed by atoms with E-state index >= 15 is 0 Å². The van der Waals surface area contributed by atoms with Gasteiger partial charge in [0.25, 0.3) is 0 Å². The maximum absolute atomic E-state index is 12.2. The van der Waals surface area contributed by atoms with Crippen LogP contribution >= 0.6 is 0 Å². The second-order valence-corrected chi connectivity index (χ2v) is 6.62. The highest BCUT2D eigenvalue weighted by Gasteiger charge is 2.37. The molecule has 0 saturated carbocycles. The number of carbonyl (C=O) groups is 1. The van der Waals surface area contributed by atoms with Crippen LogP contribution in [0.15, 0.2) is 42.5 Å². The molecule has 4 nitrogen and oxygen atoms in total. The van der Waals surface area contributed by atoms with E-state index in [1.165, 1.54) is 16.7 Å². The highest BCUT2D eigenvalue weighted by Crippen LogP contribution is 2.32. The Morgan fingerprint density at radius 3 is 2.33 bits per heavy atom. The molecule has 0 heterocycles. The number of anilines is 1. The number of aryl methyl sites for hydroxylation is 2. The number of methoxy groups -OCH3 is 1. The van der Waals surface area contributed by atoms with Crippen molar-refractivity contribution in [3.05, 3.63) is 64.7 Å². The molecule has 1 aliphatic carbocycles. The first-order valence-corrected chi connectivity index (χ1v) is 8.25. The van der Waals surface area contributed by atoms with E-state index in [-0.39, 0.29) is 11.6 Å². The molecule has 3 rings (SSSR count). The van der Waals surface area contributed by atoms with Crippen LogP contribution in [-0.4, -0.2) is 25.3 Å². The standard InChI is InChI=1S/C20H24N2O2/c1-14-8-9-18(10-15(14)2)22-19(23)21-13-20(24-3)11-16-6-4-5-7-17(16)12-20/h4-10H,11-13H2,1-3H3,(H2,21,22,23). The van der Waals surface area contributed by atoms with Crippen molar-refractivity contribution in [3.8, 4) is 0 Å². The lowest BCUT2D eigenvalue weighted by molar-refractivity contribution is 0.00208. The second-order valence-electron chi connectivity index (χ2n) is 6.62. The van der Waals surface area contributed by atoms with E-state index in [0.29, 0.717) is 6.54 Å². The molecule has 2 aromatic rings. The van der Waals surface area contributed by atoms with Crippen molar-refractivity contribution in [2.45, 2.75) is 32.3 Å². The summed E-state index contributed by atoms with van der Waals surface area (Å²) in [4.78, 5) is 12.2. The zero-order chi connectivity index (χ0) is 17.2. The van der Waals surface area contributed by atoms with Gasteiger partial charge < -0.3 is 15.4 Å². The molecule has 0 radical (unpaired) electrons. The molecule has 0 atom stereocenters. The minimum atomic E-state index is -0.357. The molecule has 0 unspecified atom stereocenters. The lowest BCUT2D eigenvalue weighted by Crippen LogP contribution is -2.46. The summed E-state index contributed by atoms with van der Waals surface area (Å²) in [6, 6.07) is 14.1. The molecule has 2 N–H and O–H groups in total. The fourth-order valence-electron chi connectivity index (χ4n) is 3.24. The van der Waals surface area contributed by atoms with Crippen LogP contribution in [0.1, 0.15) is 22.3 Å². The first-order valence-electron chi connectivity index (χ1n) is 8.25. The van der Waals surface area contributed by atoms with Crippen LogP contribution in [0.2, 0.25) is 0 Å². The molecule has 2 aromatic carbocycles. The number of amides is 2. The van der Waals surface area contributed by atoms with Crippen molar-refractivity contribution in [1.29, 1.82) is 0 Å². The van der Waals surface area contributed by atoms with Crippen LogP contribution in [0, 0.1) is 13.8 Å². The molecule has 126 valence electrons. The smallest absolute Gasteiger partial charge is 0.319 e. The first kappa shape index (κ1) is 16.5. The third-order valence-corrected chi connectivity index (χ3v) is 4.91. The van der Waals surface area contributed by atoms with Crippen molar-refractivity contribution in [2.24, 2.45) is 0 Å². The number of hydrogen-bond donors (Lipinski definition) is 2. The van der Waals surface area contributed by atoms with E-state index in [9.17, 15) is 4.79 Å². The molecule has 0 saturated heterocycles. The minimum absolute atomic E-state index is 0.203. The molecule has 24 heavy (non-hydrogen) atoms. The van der Waals surface area contributed by atoms with Gasteiger partial charge in [-0.25, -0.2) is 4.79 Å². The Kier molecular flexibility index (Phi) is 4.58. The number of benzene rings is 2. The molecule has 0 aromatic heterocycles. The van der Waals surface area contributed by atoms with Gasteiger partial charge in [0.05, 0.1) is 5.60 Å². The summed E-state index contributed by atoms with van der Waals surface area (Å²) in [5.74, 6) is 0. The van der Waals surface area contributed by atoms with Gasteiger partial charge in [0.2, 0.25) is 0 Å². The Hall–Kier alpha value is -2.33. The van der Waals surface area contributed by atoms with Gasteiger partial charge in [-0.3, -0.25) is 0 Å². The Morgan fingerprint density at radius 2 is 1.75 bits per heavy atom. The van der Waals surface area contributed by atoms with Gasteiger partial charge in [-0.05, 0) is 48.2 Å². The molecule has 4 heteroatoms. The predicted molar refractivity (Wildman–Crippen MR) is 96.5 cm³/mol. The number of fused-ring (bicyclic) bond motifs is 1. The molecule has 1 aliphatic rings. The van der Waals surface area contributed by atoms with Crippen molar-refractivity contribution in [3.63, 3.8) is 0 Å². The van der Waals surface area contributed by atoms with Gasteiger partial charge >= 0.3 is 6.03 Å². The van der Waals surface area contributed by atoms with Gasteiger partial charge in [0.15, 0.2) is 0 Å². The van der Waals surface area contributed by atoms with E-state index in [1.54, 1.807) is 7.11 Å². The number of urea groups is 1. The number of rotatable bonds is 4. The Morgan fingerprint density at radius 1 is 1.08 bits per heavy atom. The molecule has 0 fully saturated rings. The van der Waals surface area contributed by atoms with Crippen molar-refractivity contribution in [1.82, 2.24) is 5.32 Å². The van der Waals surface area contributed by atoms with Crippen molar-refractivity contribution in [2.75, 3.05) is 19.0 Å². The quantitative estimate of drug-likeness (QED) is 0.902. The molecule has 0 spiro atoms. The predicted octanol–water partition coefficient (Wildman–Crippen LogP) is 3.61. The minimum Gasteiger partial charge on any atom is -0.376 e. The van der Waals surface area contributed by atoms with Crippen molar-refractivity contribution < 1.29 is 9.53 Å². The maximum Gasteiger partial charge on any atom is 0.319 e. The van der Waals surface area contributed by atoms with E-state index in [4.69, 9.17) is 4.74 Å². The van der Waals surface area contributed by atoms with Crippen LogP contribution in [0.4, 0.5) is 10.5 Å². The highest BCUT2D eigenvalue weighted by atomic mass is 16.5. The summed E-state index contributed by atoms with van der Waals surface area (Å²) in [6.07, 6.45) is 1.65. The first-order chi connectivity index (χ1) is 11.5. The zero-order valence-electron chi connectivity index (χ0n) is 14.5. The van der Waals surface area contributed by atoms with Crippen LogP contribution in [0.3, 0.4) is 0 Å². The number of ether oxygens (including phenoxy) is 1. The maximum atomic E-state index is 12.2. The summed E-state index contributed by atoms with van der Waals surface area (Å²) >= 11 is 0. The molecule has 0 bridgehead atoms. The third kappa shape index (κ3) is 3.44. The van der Waals surface area contributed by atoms with E-state index in [1.807, 2.05) is 37.3 Å². The van der Waals surface area contributed by atoms with Crippen molar-refractivity contribution >= 4 is 11.7 Å². The fraction of sp³-hybridized carbons (Fsp3) is 0.350. The monoisotopic (exact) mass is 324 g/mol. The Labute approximate surface area is 143 Å². The average molecular weight is 324 g/mol. The van der Waals surface area contributed by atoms with Crippen LogP contribution < -0.4 is 10.6 Å². The number of carbonyl (C=O) groups excluding carboxylic acids is 1. The number of nitrogens with one attached hydrogen (secondary N) is 2. The topological polar surface area (TPSA) is 50.4 Å². The van der Waals surface area contributed by atoms with Gasteiger partial charge in [0, 0.05) is 32.2 Å². The lowest BCUT2D eigenvalue weighted by atomic mass is 10.0. The molecular weight excluding hydrogens is 300 g/mol. The lowest BCUT2D eigenvalue weighted by Gasteiger charge is -2.27. The van der Waals surface area contributed by atoms with Gasteiger partial charge in [-0.2, -0.15) is 0 Å². The summed E-state index contributed by atoms with van der Waals surface area (Å²) in [5.41, 5.74) is 5.42. The Bertz CT molecular complexity index is 730. The van der Waals surface area contributed by atoms with Gasteiger partial charge in [-0.15, -0.1) is 0 Å². The summed E-state index contributed by atoms with van der Waals surface area (Å²) in [7, 11) is 1.72. The zero-order valence-corrected chi connectivity index (χ0v) is 14.5. The second kappa shape index (κ2) is 6.65. The number of hydrogen-bond acceptors (Lipinski definition) is 2. The van der Waals surface area contributed by atoms with Gasteiger partial charge in [-0.1, -0.05) is 30.3 Å². The van der Waals surface area contributed by atoms with E-state index < -0.39 is 0 Å². The van der Waals surface area contributed by atoms with E-state index in [2.05, 4.69) is 29.7 Å². The van der Waals surface area contributed by atoms with Crippen LogP contribution in [0.25, 0.3) is 0 Å². The molecular formula is C20H24N2O2. The summed E-state index contributed by atoms with van der Waals surface area (Å²) < 4.78 is 5.77. The molecule has 0 aliphatic heterocycles. The largest absolute Gasteiger partial charge is 0.376 e. The highest BCUT2D eigenvalue weighted by molar-refractivity contribution is 5.89. The summed E-state index contributed by atoms with van der Waals surface area (Å²) in [6.45, 7) is 4.57. The van der Waals surface area contributed by atoms with Crippen LogP contribution in [-0.2, 0) is 17.6 Å². The normalized spacial score (nSPS) is 15.0. The van der Waals surface area contributed by atoms with E-state index in [0.717, 1.165) is 24.1 Å². The average Bonchev–Trinajstić information content (AvgIpc) is 2.96. The van der Waals surface area contributed by atoms with Crippen LogP contribution in [0.5, 0.6) is 0 Å².